The molecule has 0 radical (unpaired) electrons. The molecule has 0 aliphatic rings. The van der Waals surface area contributed by atoms with Gasteiger partial charge in [-0.3, -0.25) is 0 Å². The lowest BCUT2D eigenvalue weighted by Gasteiger charge is -2.03. The predicted molar refractivity (Wildman–Crippen MR) is 65.2 cm³/mol. The van der Waals surface area contributed by atoms with Crippen LogP contribution in [0, 0.1) is 5.82 Å². The molecule has 1 heterocycles. The molecule has 0 aliphatic heterocycles. The van der Waals surface area contributed by atoms with Crippen molar-refractivity contribution in [2.24, 2.45) is 0 Å². The lowest BCUT2D eigenvalue weighted by Crippen LogP contribution is -2.05. The first-order valence-corrected chi connectivity index (χ1v) is 6.18. The van der Waals surface area contributed by atoms with Crippen molar-refractivity contribution in [3.63, 3.8) is 0 Å². The molecule has 0 aliphatic carbocycles. The highest BCUT2D eigenvalue weighted by atomic mass is 32.2. The monoisotopic (exact) mass is 250 g/mol. The van der Waals surface area contributed by atoms with Crippen LogP contribution in [-0.4, -0.2) is 21.2 Å². The highest BCUT2D eigenvalue weighted by Crippen LogP contribution is 2.12. The van der Waals surface area contributed by atoms with E-state index in [0.717, 1.165) is 5.56 Å². The fourth-order valence-electron chi connectivity index (χ4n) is 1.42. The van der Waals surface area contributed by atoms with Crippen LogP contribution < -0.4 is 5.73 Å². The van der Waals surface area contributed by atoms with E-state index in [4.69, 9.17) is 5.73 Å². The first kappa shape index (κ1) is 11.8. The Morgan fingerprint density at radius 1 is 1.29 bits per heavy atom. The molecule has 2 rings (SSSR count). The molecule has 4 nitrogen and oxygen atoms in total. The van der Waals surface area contributed by atoms with Crippen LogP contribution in [0.15, 0.2) is 29.4 Å². The fraction of sp³-hybridized carbons (Fsp3) is 0.182. The van der Waals surface area contributed by atoms with Gasteiger partial charge in [0.2, 0.25) is 5.95 Å². The van der Waals surface area contributed by atoms with Crippen molar-refractivity contribution in [3.05, 3.63) is 41.5 Å². The van der Waals surface area contributed by atoms with Gasteiger partial charge in [-0.1, -0.05) is 23.9 Å². The van der Waals surface area contributed by atoms with Gasteiger partial charge in [-0.2, -0.15) is 9.97 Å². The number of nitrogen functional groups attached to an aromatic ring is 1. The van der Waals surface area contributed by atoms with Gasteiger partial charge in [-0.15, -0.1) is 0 Å². The van der Waals surface area contributed by atoms with E-state index in [1.54, 1.807) is 6.07 Å². The van der Waals surface area contributed by atoms with Gasteiger partial charge in [0.25, 0.3) is 0 Å². The van der Waals surface area contributed by atoms with Gasteiger partial charge in [-0.05, 0) is 24.0 Å². The van der Waals surface area contributed by atoms with Crippen LogP contribution in [0.2, 0.25) is 0 Å². The van der Waals surface area contributed by atoms with Crippen molar-refractivity contribution in [2.75, 3.05) is 12.0 Å². The maximum Gasteiger partial charge on any atom is 0.224 e. The zero-order valence-electron chi connectivity index (χ0n) is 9.22. The van der Waals surface area contributed by atoms with Crippen molar-refractivity contribution < 1.29 is 4.39 Å². The normalized spacial score (nSPS) is 10.5. The molecule has 0 spiro atoms. The summed E-state index contributed by atoms with van der Waals surface area (Å²) in [6, 6.07) is 6.34. The number of hydrogen-bond acceptors (Lipinski definition) is 5. The van der Waals surface area contributed by atoms with Gasteiger partial charge in [-0.25, -0.2) is 9.37 Å². The zero-order chi connectivity index (χ0) is 12.3. The Kier molecular flexibility index (Phi) is 3.53. The molecule has 2 N–H and O–H groups in total. The molecule has 0 bridgehead atoms. The Bertz CT molecular complexity index is 533. The van der Waals surface area contributed by atoms with E-state index in [1.807, 2.05) is 12.3 Å². The smallest absolute Gasteiger partial charge is 0.224 e. The fourth-order valence-corrected chi connectivity index (χ4v) is 1.80. The Balaban J connectivity index is 2.26. The summed E-state index contributed by atoms with van der Waals surface area (Å²) in [5.74, 6) is 0.470. The number of benzene rings is 1. The summed E-state index contributed by atoms with van der Waals surface area (Å²) < 4.78 is 13.0. The second kappa shape index (κ2) is 5.09. The van der Waals surface area contributed by atoms with Gasteiger partial charge in [0, 0.05) is 6.42 Å². The number of hydrogen-bond donors (Lipinski definition) is 1. The lowest BCUT2D eigenvalue weighted by molar-refractivity contribution is 0.625. The summed E-state index contributed by atoms with van der Waals surface area (Å²) in [6.07, 6.45) is 2.30. The van der Waals surface area contributed by atoms with Crippen LogP contribution in [0.4, 0.5) is 10.3 Å². The van der Waals surface area contributed by atoms with E-state index in [0.29, 0.717) is 17.4 Å². The zero-order valence-corrected chi connectivity index (χ0v) is 10.0. The minimum Gasteiger partial charge on any atom is -0.368 e. The summed E-state index contributed by atoms with van der Waals surface area (Å²) in [4.78, 5) is 12.2. The lowest BCUT2D eigenvalue weighted by atomic mass is 10.1. The number of thioether (sulfide) groups is 1. The minimum atomic E-state index is -0.269. The van der Waals surface area contributed by atoms with Gasteiger partial charge in [0.05, 0.1) is 0 Å². The average molecular weight is 250 g/mol. The van der Waals surface area contributed by atoms with Crippen LogP contribution in [-0.2, 0) is 6.42 Å². The first-order chi connectivity index (χ1) is 8.17. The Labute approximate surface area is 103 Å². The van der Waals surface area contributed by atoms with Crippen molar-refractivity contribution >= 4 is 17.7 Å². The molecule has 17 heavy (non-hydrogen) atoms. The largest absolute Gasteiger partial charge is 0.368 e. The first-order valence-electron chi connectivity index (χ1n) is 4.96. The average Bonchev–Trinajstić information content (AvgIpc) is 2.28. The number of anilines is 1. The molecule has 2 aromatic rings. The van der Waals surface area contributed by atoms with Crippen LogP contribution in [0.1, 0.15) is 11.4 Å². The standard InChI is InChI=1S/C11H11FN4S/c1-17-11-15-9(14-10(13)16-11)6-7-3-2-4-8(12)5-7/h2-5H,6H2,1H3,(H2,13,14,15,16). The summed E-state index contributed by atoms with van der Waals surface area (Å²) in [5, 5.41) is 0.573. The third-order valence-corrected chi connectivity index (χ3v) is 2.66. The van der Waals surface area contributed by atoms with Crippen molar-refractivity contribution in [3.8, 4) is 0 Å². The third kappa shape index (κ3) is 3.13. The van der Waals surface area contributed by atoms with Crippen LogP contribution in [0.5, 0.6) is 0 Å². The molecule has 0 unspecified atom stereocenters. The minimum absolute atomic E-state index is 0.191. The highest BCUT2D eigenvalue weighted by Gasteiger charge is 2.05. The van der Waals surface area contributed by atoms with Crippen LogP contribution in [0.25, 0.3) is 0 Å². The Hall–Kier alpha value is -1.69. The Morgan fingerprint density at radius 3 is 2.82 bits per heavy atom. The summed E-state index contributed by atoms with van der Waals surface area (Å²) in [5.41, 5.74) is 6.38. The van der Waals surface area contributed by atoms with Crippen LogP contribution in [0.3, 0.4) is 0 Å². The molecule has 1 aromatic heterocycles. The molecule has 0 saturated heterocycles. The molecular weight excluding hydrogens is 239 g/mol. The van der Waals surface area contributed by atoms with Gasteiger partial charge < -0.3 is 5.73 Å². The number of nitrogens with two attached hydrogens (primary N) is 1. The summed E-state index contributed by atoms with van der Waals surface area (Å²) >= 11 is 1.39. The summed E-state index contributed by atoms with van der Waals surface area (Å²) in [6.45, 7) is 0. The molecular formula is C11H11FN4S. The Morgan fingerprint density at radius 2 is 2.12 bits per heavy atom. The third-order valence-electron chi connectivity index (χ3n) is 2.11. The molecule has 0 amide bonds. The predicted octanol–water partition coefficient (Wildman–Crippen LogP) is 1.91. The number of halogens is 1. The van der Waals surface area contributed by atoms with E-state index in [1.165, 1.54) is 23.9 Å². The maximum absolute atomic E-state index is 13.0. The second-order valence-corrected chi connectivity index (χ2v) is 4.18. The van der Waals surface area contributed by atoms with Crippen molar-refractivity contribution in [1.82, 2.24) is 15.0 Å². The van der Waals surface area contributed by atoms with E-state index >= 15 is 0 Å². The highest BCUT2D eigenvalue weighted by molar-refractivity contribution is 7.98. The van der Waals surface area contributed by atoms with Gasteiger partial charge in [0.15, 0.2) is 5.16 Å². The maximum atomic E-state index is 13.0. The van der Waals surface area contributed by atoms with Crippen molar-refractivity contribution in [1.29, 1.82) is 0 Å². The molecule has 1 aromatic carbocycles. The van der Waals surface area contributed by atoms with Crippen LogP contribution >= 0.6 is 11.8 Å². The molecule has 88 valence electrons. The molecule has 0 fully saturated rings. The second-order valence-electron chi connectivity index (χ2n) is 3.40. The quantitative estimate of drug-likeness (QED) is 0.843. The molecule has 6 heteroatoms. The molecule has 0 atom stereocenters. The van der Waals surface area contributed by atoms with Gasteiger partial charge >= 0.3 is 0 Å². The van der Waals surface area contributed by atoms with Gasteiger partial charge in [0.1, 0.15) is 11.6 Å². The SMILES string of the molecule is CSc1nc(N)nc(Cc2cccc(F)c2)n1. The van der Waals surface area contributed by atoms with E-state index in [9.17, 15) is 4.39 Å². The number of nitrogens with zero attached hydrogens (tertiary/aromatic N) is 3. The number of aromatic nitrogens is 3. The van der Waals surface area contributed by atoms with Crippen molar-refractivity contribution in [2.45, 2.75) is 11.6 Å². The van der Waals surface area contributed by atoms with E-state index in [-0.39, 0.29) is 11.8 Å². The number of rotatable bonds is 3. The van der Waals surface area contributed by atoms with E-state index < -0.39 is 0 Å². The van der Waals surface area contributed by atoms with E-state index in [2.05, 4.69) is 15.0 Å². The summed E-state index contributed by atoms with van der Waals surface area (Å²) in [7, 11) is 0. The molecule has 0 saturated carbocycles. The topological polar surface area (TPSA) is 64.7 Å².